The fraction of sp³-hybridized carbons (Fsp3) is 0.500. The largest absolute Gasteiger partial charge is 0.355 e. The zero-order valence-corrected chi connectivity index (χ0v) is 14.5. The maximum absolute atomic E-state index is 13.8. The van der Waals surface area contributed by atoms with E-state index in [0.717, 1.165) is 12.3 Å². The lowest BCUT2D eigenvalue weighted by molar-refractivity contribution is -0.120. The third kappa shape index (κ3) is 5.68. The number of anilines is 1. The highest BCUT2D eigenvalue weighted by atomic mass is 32.2. The van der Waals surface area contributed by atoms with Crippen molar-refractivity contribution in [3.63, 3.8) is 0 Å². The van der Waals surface area contributed by atoms with Crippen LogP contribution in [0, 0.1) is 17.5 Å². The number of hydrogen-bond donors (Lipinski definition) is 1. The van der Waals surface area contributed by atoms with Gasteiger partial charge in [0.25, 0.3) is 0 Å². The number of benzene rings is 1. The van der Waals surface area contributed by atoms with E-state index in [1.54, 1.807) is 0 Å². The van der Waals surface area contributed by atoms with Gasteiger partial charge in [0.05, 0.1) is 11.9 Å². The molecule has 0 saturated heterocycles. The predicted molar refractivity (Wildman–Crippen MR) is 84.7 cm³/mol. The van der Waals surface area contributed by atoms with Crippen molar-refractivity contribution in [2.45, 2.75) is 6.42 Å². The number of amides is 1. The van der Waals surface area contributed by atoms with E-state index in [4.69, 9.17) is 0 Å². The highest BCUT2D eigenvalue weighted by Gasteiger charge is 2.25. The van der Waals surface area contributed by atoms with E-state index in [2.05, 4.69) is 5.32 Å². The number of halogens is 3. The van der Waals surface area contributed by atoms with Crippen LogP contribution in [-0.2, 0) is 14.8 Å². The minimum Gasteiger partial charge on any atom is -0.355 e. The molecule has 0 aliphatic heterocycles. The summed E-state index contributed by atoms with van der Waals surface area (Å²) in [6, 6.07) is 1.45. The van der Waals surface area contributed by atoms with Crippen molar-refractivity contribution in [2.24, 2.45) is 0 Å². The van der Waals surface area contributed by atoms with Crippen molar-refractivity contribution < 1.29 is 26.4 Å². The highest BCUT2D eigenvalue weighted by Crippen LogP contribution is 2.25. The molecule has 1 rings (SSSR count). The Balaban J connectivity index is 2.86. The van der Waals surface area contributed by atoms with Crippen LogP contribution in [0.5, 0.6) is 0 Å². The third-order valence-electron chi connectivity index (χ3n) is 3.11. The molecule has 6 nitrogen and oxygen atoms in total. The van der Waals surface area contributed by atoms with Gasteiger partial charge in [-0.05, 0) is 26.2 Å². The van der Waals surface area contributed by atoms with E-state index in [9.17, 15) is 26.4 Å². The minimum absolute atomic E-state index is 0.251. The highest BCUT2D eigenvalue weighted by molar-refractivity contribution is 7.92. The van der Waals surface area contributed by atoms with Gasteiger partial charge in [-0.15, -0.1) is 0 Å². The Morgan fingerprint density at radius 3 is 2.29 bits per heavy atom. The number of rotatable bonds is 8. The fourth-order valence-corrected chi connectivity index (χ4v) is 2.80. The molecule has 10 heteroatoms. The van der Waals surface area contributed by atoms with E-state index in [1.165, 1.54) is 0 Å². The van der Waals surface area contributed by atoms with Gasteiger partial charge in [-0.2, -0.15) is 0 Å². The SMILES string of the molecule is CN(C)CCNC(=O)CCN(c1ccc(F)c(F)c1F)S(C)(=O)=O. The summed E-state index contributed by atoms with van der Waals surface area (Å²) in [5, 5.41) is 2.58. The zero-order chi connectivity index (χ0) is 18.5. The van der Waals surface area contributed by atoms with Gasteiger partial charge < -0.3 is 10.2 Å². The second kappa shape index (κ2) is 8.34. The lowest BCUT2D eigenvalue weighted by Gasteiger charge is -2.23. The summed E-state index contributed by atoms with van der Waals surface area (Å²) in [6.45, 7) is 0.568. The van der Waals surface area contributed by atoms with E-state index in [0.29, 0.717) is 23.5 Å². The normalized spacial score (nSPS) is 11.6. The average molecular weight is 367 g/mol. The van der Waals surface area contributed by atoms with Crippen LogP contribution >= 0.6 is 0 Å². The number of nitrogens with one attached hydrogen (secondary N) is 1. The summed E-state index contributed by atoms with van der Waals surface area (Å²) < 4.78 is 64.3. The molecule has 24 heavy (non-hydrogen) atoms. The third-order valence-corrected chi connectivity index (χ3v) is 4.29. The predicted octanol–water partition coefficient (Wildman–Crippen LogP) is 0.938. The molecule has 0 aromatic heterocycles. The van der Waals surface area contributed by atoms with Crippen molar-refractivity contribution in [2.75, 3.05) is 44.3 Å². The van der Waals surface area contributed by atoms with Crippen molar-refractivity contribution >= 4 is 21.6 Å². The van der Waals surface area contributed by atoms with Gasteiger partial charge in [0.2, 0.25) is 15.9 Å². The van der Waals surface area contributed by atoms with E-state index in [1.807, 2.05) is 19.0 Å². The van der Waals surface area contributed by atoms with Crippen LogP contribution in [0.15, 0.2) is 12.1 Å². The lowest BCUT2D eigenvalue weighted by atomic mass is 10.2. The van der Waals surface area contributed by atoms with Crippen LogP contribution < -0.4 is 9.62 Å². The lowest BCUT2D eigenvalue weighted by Crippen LogP contribution is -2.37. The molecule has 136 valence electrons. The molecule has 0 aliphatic carbocycles. The number of hydrogen-bond acceptors (Lipinski definition) is 4. The number of likely N-dealkylation sites (N-methyl/N-ethyl adjacent to an activating group) is 1. The molecule has 1 N–H and O–H groups in total. The van der Waals surface area contributed by atoms with Crippen LogP contribution in [0.1, 0.15) is 6.42 Å². The number of carbonyl (C=O) groups excluding carboxylic acids is 1. The Morgan fingerprint density at radius 2 is 1.75 bits per heavy atom. The van der Waals surface area contributed by atoms with E-state index >= 15 is 0 Å². The molecule has 0 fully saturated rings. The monoisotopic (exact) mass is 367 g/mol. The molecule has 0 atom stereocenters. The van der Waals surface area contributed by atoms with Crippen molar-refractivity contribution in [1.82, 2.24) is 10.2 Å². The van der Waals surface area contributed by atoms with Crippen LogP contribution in [0.2, 0.25) is 0 Å². The van der Waals surface area contributed by atoms with Crippen molar-refractivity contribution in [1.29, 1.82) is 0 Å². The summed E-state index contributed by atoms with van der Waals surface area (Å²) in [5.74, 6) is -5.25. The maximum atomic E-state index is 13.8. The smallest absolute Gasteiger partial charge is 0.232 e. The summed E-state index contributed by atoms with van der Waals surface area (Å²) in [4.78, 5) is 13.6. The minimum atomic E-state index is -3.98. The van der Waals surface area contributed by atoms with E-state index < -0.39 is 45.6 Å². The fourth-order valence-electron chi connectivity index (χ4n) is 1.88. The average Bonchev–Trinajstić information content (AvgIpc) is 2.45. The molecule has 1 aromatic carbocycles. The molecule has 0 unspecified atom stereocenters. The first-order valence-corrected chi connectivity index (χ1v) is 8.91. The van der Waals surface area contributed by atoms with Gasteiger partial charge in [-0.25, -0.2) is 21.6 Å². The van der Waals surface area contributed by atoms with Crippen LogP contribution in [0.3, 0.4) is 0 Å². The Bertz CT molecular complexity index is 696. The molecule has 0 aliphatic rings. The van der Waals surface area contributed by atoms with Crippen LogP contribution in [-0.4, -0.2) is 59.2 Å². The van der Waals surface area contributed by atoms with Crippen molar-refractivity contribution in [3.05, 3.63) is 29.6 Å². The van der Waals surface area contributed by atoms with Crippen LogP contribution in [0.25, 0.3) is 0 Å². The topological polar surface area (TPSA) is 69.7 Å². The quantitative estimate of drug-likeness (QED) is 0.695. The van der Waals surface area contributed by atoms with Crippen LogP contribution in [0.4, 0.5) is 18.9 Å². The molecule has 1 amide bonds. The molecule has 0 heterocycles. The summed E-state index contributed by atoms with van der Waals surface area (Å²) >= 11 is 0. The molecule has 0 spiro atoms. The standard InChI is InChI=1S/C14H20F3N3O3S/c1-19(2)9-7-18-12(21)6-8-20(24(3,22)23)11-5-4-10(15)13(16)14(11)17/h4-5H,6-9H2,1-3H3,(H,18,21). The number of nitrogens with zero attached hydrogens (tertiary/aromatic N) is 2. The van der Waals surface area contributed by atoms with Gasteiger partial charge in [-0.3, -0.25) is 9.10 Å². The Labute approximate surface area is 139 Å². The molecule has 1 aromatic rings. The Hall–Kier alpha value is -1.81. The first-order valence-electron chi connectivity index (χ1n) is 7.06. The Morgan fingerprint density at radius 1 is 1.12 bits per heavy atom. The van der Waals surface area contributed by atoms with Gasteiger partial charge in [0, 0.05) is 26.1 Å². The summed E-state index contributed by atoms with van der Waals surface area (Å²) in [7, 11) is -0.338. The summed E-state index contributed by atoms with van der Waals surface area (Å²) in [5.41, 5.74) is -0.641. The van der Waals surface area contributed by atoms with Gasteiger partial charge in [0.15, 0.2) is 17.5 Å². The number of carbonyl (C=O) groups is 1. The molecule has 0 radical (unpaired) electrons. The molecule has 0 bridgehead atoms. The summed E-state index contributed by atoms with van der Waals surface area (Å²) in [6.07, 6.45) is 0.538. The first-order chi connectivity index (χ1) is 11.0. The van der Waals surface area contributed by atoms with E-state index in [-0.39, 0.29) is 6.42 Å². The molecule has 0 saturated carbocycles. The molecular weight excluding hydrogens is 347 g/mol. The van der Waals surface area contributed by atoms with Gasteiger partial charge in [-0.1, -0.05) is 0 Å². The first kappa shape index (κ1) is 20.2. The second-order valence-corrected chi connectivity index (χ2v) is 7.34. The number of sulfonamides is 1. The van der Waals surface area contributed by atoms with Gasteiger partial charge in [0.1, 0.15) is 0 Å². The zero-order valence-electron chi connectivity index (χ0n) is 13.6. The molecular formula is C14H20F3N3O3S. The van der Waals surface area contributed by atoms with Crippen molar-refractivity contribution in [3.8, 4) is 0 Å². The maximum Gasteiger partial charge on any atom is 0.232 e. The van der Waals surface area contributed by atoms with Gasteiger partial charge >= 0.3 is 0 Å². The second-order valence-electron chi connectivity index (χ2n) is 5.43. The Kier molecular flexibility index (Phi) is 7.03.